The monoisotopic (exact) mass is 475 g/mol. The molecule has 32 heavy (non-hydrogen) atoms. The second-order valence-electron chi connectivity index (χ2n) is 8.63. The molecule has 3 aliphatic rings. The van der Waals surface area contributed by atoms with Crippen molar-refractivity contribution in [2.24, 2.45) is 5.92 Å². The van der Waals surface area contributed by atoms with Crippen LogP contribution in [0.25, 0.3) is 0 Å². The van der Waals surface area contributed by atoms with Crippen LogP contribution >= 0.6 is 23.2 Å². The van der Waals surface area contributed by atoms with Gasteiger partial charge < -0.3 is 19.4 Å². The van der Waals surface area contributed by atoms with Crippen molar-refractivity contribution in [2.45, 2.75) is 25.8 Å². The molecule has 1 aromatic carbocycles. The number of rotatable bonds is 3. The number of ether oxygens (including phenoxy) is 1. The lowest BCUT2D eigenvalue weighted by atomic mass is 9.93. The average molecular weight is 476 g/mol. The van der Waals surface area contributed by atoms with Gasteiger partial charge in [0.2, 0.25) is 5.91 Å². The Bertz CT molecular complexity index is 990. The van der Waals surface area contributed by atoms with Crippen LogP contribution in [0.3, 0.4) is 0 Å². The van der Waals surface area contributed by atoms with E-state index in [4.69, 9.17) is 27.9 Å². The Morgan fingerprint density at radius 3 is 2.34 bits per heavy atom. The van der Waals surface area contributed by atoms with E-state index in [1.54, 1.807) is 12.4 Å². The minimum atomic E-state index is 0.0445. The van der Waals surface area contributed by atoms with Crippen LogP contribution in [0.15, 0.2) is 24.5 Å². The molecule has 1 amide bonds. The van der Waals surface area contributed by atoms with E-state index in [0.29, 0.717) is 23.1 Å². The van der Waals surface area contributed by atoms with Gasteiger partial charge in [0.1, 0.15) is 18.0 Å². The quantitative estimate of drug-likeness (QED) is 0.677. The summed E-state index contributed by atoms with van der Waals surface area (Å²) in [6.07, 6.45) is 4.07. The van der Waals surface area contributed by atoms with Gasteiger partial charge in [-0.2, -0.15) is 0 Å². The molecule has 9 heteroatoms. The van der Waals surface area contributed by atoms with E-state index in [2.05, 4.69) is 25.8 Å². The van der Waals surface area contributed by atoms with E-state index >= 15 is 0 Å². The van der Waals surface area contributed by atoms with Gasteiger partial charge in [-0.05, 0) is 42.5 Å². The number of aromatic nitrogens is 2. The molecule has 0 spiro atoms. The maximum absolute atomic E-state index is 13.2. The Kier molecular flexibility index (Phi) is 6.40. The summed E-state index contributed by atoms with van der Waals surface area (Å²) in [4.78, 5) is 28.6. The number of benzene rings is 1. The molecule has 0 unspecified atom stereocenters. The molecular weight excluding hydrogens is 449 g/mol. The van der Waals surface area contributed by atoms with Crippen LogP contribution in [0.5, 0.6) is 0 Å². The first-order chi connectivity index (χ1) is 15.6. The van der Waals surface area contributed by atoms with E-state index in [-0.39, 0.29) is 11.8 Å². The number of hydrogen-bond donors (Lipinski definition) is 0. The van der Waals surface area contributed by atoms with Crippen LogP contribution in [0, 0.1) is 5.92 Å². The Hall–Kier alpha value is -2.09. The van der Waals surface area contributed by atoms with Gasteiger partial charge in [0.15, 0.2) is 0 Å². The van der Waals surface area contributed by atoms with Crippen LogP contribution in [0.1, 0.15) is 24.0 Å². The maximum Gasteiger partial charge on any atom is 0.226 e. The molecule has 170 valence electrons. The minimum Gasteiger partial charge on any atom is -0.378 e. The van der Waals surface area contributed by atoms with E-state index in [1.807, 2.05) is 11.0 Å². The molecule has 0 saturated carbocycles. The van der Waals surface area contributed by atoms with E-state index < -0.39 is 0 Å². The van der Waals surface area contributed by atoms with E-state index in [1.165, 1.54) is 0 Å². The first-order valence-electron chi connectivity index (χ1n) is 11.2. The van der Waals surface area contributed by atoms with Crippen molar-refractivity contribution in [3.8, 4) is 0 Å². The third kappa shape index (κ3) is 4.51. The number of fused-ring (bicyclic) bond motifs is 1. The molecule has 2 fully saturated rings. The first kappa shape index (κ1) is 21.7. The number of halogens is 2. The highest BCUT2D eigenvalue weighted by molar-refractivity contribution is 6.35. The van der Waals surface area contributed by atoms with Crippen LogP contribution < -0.4 is 9.80 Å². The first-order valence-corrected chi connectivity index (χ1v) is 12.0. The van der Waals surface area contributed by atoms with Crippen molar-refractivity contribution < 1.29 is 9.53 Å². The molecular formula is C23H27Cl2N5O2. The normalized spacial score (nSPS) is 19.8. The predicted molar refractivity (Wildman–Crippen MR) is 126 cm³/mol. The summed E-state index contributed by atoms with van der Waals surface area (Å²) in [5, 5.41) is 1.33. The molecule has 2 aromatic rings. The lowest BCUT2D eigenvalue weighted by molar-refractivity contribution is -0.137. The molecule has 7 nitrogen and oxygen atoms in total. The fourth-order valence-corrected chi connectivity index (χ4v) is 5.52. The standard InChI is InChI=1S/C23H27Cl2N5O2/c24-18-11-17-14-30(6-3-19(17)20(25)12-18)23(31)16-1-4-28(5-2-16)21-13-22(27-15-26-21)29-7-9-32-10-8-29/h11-13,15-16H,1-10,14H2. The smallest absolute Gasteiger partial charge is 0.226 e. The highest BCUT2D eigenvalue weighted by Crippen LogP contribution is 2.32. The van der Waals surface area contributed by atoms with Crippen LogP contribution in [-0.2, 0) is 22.5 Å². The summed E-state index contributed by atoms with van der Waals surface area (Å²) >= 11 is 12.5. The topological polar surface area (TPSA) is 61.8 Å². The van der Waals surface area contributed by atoms with Crippen LogP contribution in [0.4, 0.5) is 11.6 Å². The number of carbonyl (C=O) groups excluding carboxylic acids is 1. The number of piperidine rings is 1. The summed E-state index contributed by atoms with van der Waals surface area (Å²) in [5.41, 5.74) is 2.19. The van der Waals surface area contributed by atoms with Gasteiger partial charge in [-0.1, -0.05) is 23.2 Å². The third-order valence-electron chi connectivity index (χ3n) is 6.70. The summed E-state index contributed by atoms with van der Waals surface area (Å²) in [7, 11) is 0. The second kappa shape index (κ2) is 9.41. The van der Waals surface area contributed by atoms with Gasteiger partial charge in [-0.3, -0.25) is 4.79 Å². The highest BCUT2D eigenvalue weighted by Gasteiger charge is 2.31. The zero-order valence-electron chi connectivity index (χ0n) is 18.0. The lowest BCUT2D eigenvalue weighted by Crippen LogP contribution is -2.44. The molecule has 0 radical (unpaired) electrons. The van der Waals surface area contributed by atoms with Gasteiger partial charge in [-0.25, -0.2) is 9.97 Å². The lowest BCUT2D eigenvalue weighted by Gasteiger charge is -2.37. The van der Waals surface area contributed by atoms with Crippen LogP contribution in [0.2, 0.25) is 10.0 Å². The van der Waals surface area contributed by atoms with Crippen molar-refractivity contribution in [3.63, 3.8) is 0 Å². The number of carbonyl (C=O) groups is 1. The Labute approximate surface area is 198 Å². The van der Waals surface area contributed by atoms with Gasteiger partial charge in [0.25, 0.3) is 0 Å². The highest BCUT2D eigenvalue weighted by atomic mass is 35.5. The number of morpholine rings is 1. The number of anilines is 2. The molecule has 3 aliphatic heterocycles. The second-order valence-corrected chi connectivity index (χ2v) is 9.47. The average Bonchev–Trinajstić information content (AvgIpc) is 2.84. The molecule has 0 bridgehead atoms. The Balaban J connectivity index is 1.20. The van der Waals surface area contributed by atoms with Gasteiger partial charge in [0.05, 0.1) is 13.2 Å². The number of hydrogen-bond acceptors (Lipinski definition) is 6. The Morgan fingerprint density at radius 1 is 0.938 bits per heavy atom. The van der Waals surface area contributed by atoms with Gasteiger partial charge in [-0.15, -0.1) is 0 Å². The maximum atomic E-state index is 13.2. The summed E-state index contributed by atoms with van der Waals surface area (Å²) in [5.74, 6) is 2.16. The van der Waals surface area contributed by atoms with Crippen molar-refractivity contribution >= 4 is 40.7 Å². The predicted octanol–water partition coefficient (Wildman–Crippen LogP) is 3.42. The van der Waals surface area contributed by atoms with Crippen molar-refractivity contribution in [3.05, 3.63) is 45.7 Å². The summed E-state index contributed by atoms with van der Waals surface area (Å²) in [6, 6.07) is 5.78. The fraction of sp³-hybridized carbons (Fsp3) is 0.522. The zero-order valence-corrected chi connectivity index (χ0v) is 19.5. The third-order valence-corrected chi connectivity index (χ3v) is 7.25. The van der Waals surface area contributed by atoms with Crippen LogP contribution in [-0.4, -0.2) is 66.7 Å². The van der Waals surface area contributed by atoms with E-state index in [9.17, 15) is 4.79 Å². The van der Waals surface area contributed by atoms with Crippen molar-refractivity contribution in [2.75, 3.05) is 55.7 Å². The minimum absolute atomic E-state index is 0.0445. The molecule has 0 N–H and O–H groups in total. The van der Waals surface area contributed by atoms with Gasteiger partial charge in [0, 0.05) is 61.3 Å². The fourth-order valence-electron chi connectivity index (χ4n) is 4.89. The Morgan fingerprint density at radius 2 is 1.62 bits per heavy atom. The number of amides is 1. The molecule has 2 saturated heterocycles. The summed E-state index contributed by atoms with van der Waals surface area (Å²) in [6.45, 7) is 6.09. The largest absolute Gasteiger partial charge is 0.378 e. The molecule has 4 heterocycles. The van der Waals surface area contributed by atoms with Gasteiger partial charge >= 0.3 is 0 Å². The zero-order chi connectivity index (χ0) is 22.1. The molecule has 0 atom stereocenters. The molecule has 5 rings (SSSR count). The molecule has 1 aromatic heterocycles. The van der Waals surface area contributed by atoms with Crippen molar-refractivity contribution in [1.82, 2.24) is 14.9 Å². The van der Waals surface area contributed by atoms with Crippen molar-refractivity contribution in [1.29, 1.82) is 0 Å². The number of nitrogens with zero attached hydrogens (tertiary/aromatic N) is 5. The summed E-state index contributed by atoms with van der Waals surface area (Å²) < 4.78 is 5.44. The molecule has 0 aliphatic carbocycles. The van der Waals surface area contributed by atoms with E-state index in [0.717, 1.165) is 81.4 Å². The SMILES string of the molecule is O=C(C1CCN(c2cc(N3CCOCC3)ncn2)CC1)N1CCc2c(Cl)cc(Cl)cc2C1.